The fraction of sp³-hybridized carbons (Fsp3) is 0.146. The molecule has 54 heavy (non-hydrogen) atoms. The largest absolute Gasteiger partial charge is 0.358 e. The van der Waals surface area contributed by atoms with E-state index in [4.69, 9.17) is 0 Å². The predicted molar refractivity (Wildman–Crippen MR) is 210 cm³/mol. The summed E-state index contributed by atoms with van der Waals surface area (Å²) >= 11 is 0. The molecule has 294 valence electrons. The third-order valence-electron chi connectivity index (χ3n) is 4.85. The number of hydrogen-bond donors (Lipinski definition) is 0. The van der Waals surface area contributed by atoms with Crippen molar-refractivity contribution in [2.75, 3.05) is 0 Å². The molecule has 0 saturated heterocycles. The van der Waals surface area contributed by atoms with E-state index in [1.54, 1.807) is 43.4 Å². The summed E-state index contributed by atoms with van der Waals surface area (Å²) in [6.07, 6.45) is 14.0. The van der Waals surface area contributed by atoms with Gasteiger partial charge in [0.25, 0.3) is 0 Å². The Hall–Kier alpha value is -1.66. The standard InChI is InChI=1S/C7H8.3C6H7N.2C5H6N2.6CH3.6V/c1-7-5-3-2-4-6-7;1-6-2-4-7-5-3-6;1-6-3-2-4-7-5-6;1-6-4-2-3-5-7-6;1-5-2-3-6-7-4-5;1-5-3-2-4-6-7-5;;;;;;;;;;;;/h2-6H,1H3;3*2-5H,1H3;2*2-4H,1H3;6*1H3;;;;;;/q;;;;;;6*-1;;;;;;. The molecule has 6 rings (SSSR count). The minimum atomic E-state index is 0. The Kier molecular flexibility index (Phi) is 95.1. The molecule has 0 fully saturated rings. The van der Waals surface area contributed by atoms with E-state index in [0.29, 0.717) is 0 Å². The van der Waals surface area contributed by atoms with Crippen molar-refractivity contribution < 1.29 is 111 Å². The molecule has 0 aliphatic carbocycles. The second-order valence-electron chi connectivity index (χ2n) is 8.97. The number of hydrogen-bond acceptors (Lipinski definition) is 7. The summed E-state index contributed by atoms with van der Waals surface area (Å²) in [7, 11) is 0. The van der Waals surface area contributed by atoms with E-state index < -0.39 is 0 Å². The van der Waals surface area contributed by atoms with Gasteiger partial charge in [0.05, 0.1) is 11.9 Å². The van der Waals surface area contributed by atoms with Gasteiger partial charge in [0.15, 0.2) is 0 Å². The Morgan fingerprint density at radius 1 is 0.315 bits per heavy atom. The molecule has 5 aromatic heterocycles. The van der Waals surface area contributed by atoms with Gasteiger partial charge in [-0.25, -0.2) is 0 Å². The number of pyridine rings is 3. The first kappa shape index (κ1) is 84.8. The molecule has 7 nitrogen and oxygen atoms in total. The van der Waals surface area contributed by atoms with Gasteiger partial charge in [0, 0.05) is 160 Å². The molecule has 0 aliphatic rings. The summed E-state index contributed by atoms with van der Waals surface area (Å²) in [5.74, 6) is 0. The van der Waals surface area contributed by atoms with Gasteiger partial charge in [-0.15, -0.1) is 0 Å². The average molecular weight is 956 g/mol. The van der Waals surface area contributed by atoms with Gasteiger partial charge in [-0.2, -0.15) is 20.4 Å². The van der Waals surface area contributed by atoms with E-state index in [9.17, 15) is 0 Å². The molecule has 0 aliphatic heterocycles. The predicted octanol–water partition coefficient (Wildman–Crippen LogP) is 10.4. The minimum Gasteiger partial charge on any atom is -0.358 e. The first-order valence-corrected chi connectivity index (χ1v) is 13.5. The SMILES string of the molecule is Cc1ccccc1.Cc1ccccn1.Cc1cccnc1.Cc1cccnn1.Cc1ccncc1.Cc1ccnnc1.[CH3-].[CH3-].[CH3-].[CH3-].[CH3-].[CH3-].[V].[V].[V].[V].[V].[V]. The summed E-state index contributed by atoms with van der Waals surface area (Å²) in [5, 5.41) is 14.6. The molecule has 6 radical (unpaired) electrons. The molecule has 0 N–H and O–H groups in total. The van der Waals surface area contributed by atoms with Gasteiger partial charge in [-0.05, 0) is 107 Å². The van der Waals surface area contributed by atoms with Crippen LogP contribution in [0.2, 0.25) is 0 Å². The second kappa shape index (κ2) is 60.6. The molecule has 0 spiro atoms. The van der Waals surface area contributed by atoms with Crippen LogP contribution in [0.1, 0.15) is 33.6 Å². The Bertz CT molecular complexity index is 1130. The average Bonchev–Trinajstić information content (AvgIpc) is 3.01. The first-order chi connectivity index (χ1) is 20.4. The van der Waals surface area contributed by atoms with Gasteiger partial charge in [-0.3, -0.25) is 15.0 Å². The van der Waals surface area contributed by atoms with Crippen LogP contribution in [-0.2, 0) is 111 Å². The van der Waals surface area contributed by atoms with Crippen LogP contribution < -0.4 is 0 Å². The molecule has 0 bridgehead atoms. The van der Waals surface area contributed by atoms with E-state index >= 15 is 0 Å². The van der Waals surface area contributed by atoms with Crippen molar-refractivity contribution in [2.45, 2.75) is 41.5 Å². The van der Waals surface area contributed by atoms with Gasteiger partial charge in [0.1, 0.15) is 0 Å². The minimum absolute atomic E-state index is 0. The second-order valence-corrected chi connectivity index (χ2v) is 8.97. The molecule has 5 heterocycles. The van der Waals surface area contributed by atoms with Crippen molar-refractivity contribution in [3.05, 3.63) is 219 Å². The van der Waals surface area contributed by atoms with E-state index in [1.165, 1.54) is 16.7 Å². The van der Waals surface area contributed by atoms with Crippen LogP contribution in [0, 0.1) is 86.1 Å². The fourth-order valence-electron chi connectivity index (χ4n) is 2.59. The van der Waals surface area contributed by atoms with Crippen molar-refractivity contribution in [3.63, 3.8) is 0 Å². The number of nitrogens with zero attached hydrogens (tertiary/aromatic N) is 7. The number of benzene rings is 1. The van der Waals surface area contributed by atoms with E-state index in [0.717, 1.165) is 17.0 Å². The summed E-state index contributed by atoms with van der Waals surface area (Å²) in [4.78, 5) is 11.7. The molecule has 6 aromatic rings. The number of rotatable bonds is 0. The molecule has 13 heteroatoms. The topological polar surface area (TPSA) is 90.2 Å². The molecule has 0 atom stereocenters. The summed E-state index contributed by atoms with van der Waals surface area (Å²) in [6.45, 7) is 12.0. The molecule has 0 amide bonds. The molecular formula is C41H59N7V6-6. The Morgan fingerprint density at radius 3 is 1.00 bits per heavy atom. The quantitative estimate of drug-likeness (QED) is 0.140. The fourth-order valence-corrected chi connectivity index (χ4v) is 2.59. The van der Waals surface area contributed by atoms with Crippen molar-refractivity contribution >= 4 is 0 Å². The molecule has 1 aromatic carbocycles. The molecule has 0 saturated carbocycles. The van der Waals surface area contributed by atoms with Crippen LogP contribution in [0.5, 0.6) is 0 Å². The van der Waals surface area contributed by atoms with Crippen LogP contribution >= 0.6 is 0 Å². The van der Waals surface area contributed by atoms with Crippen molar-refractivity contribution in [1.82, 2.24) is 35.3 Å². The third kappa shape index (κ3) is 57.1. The zero-order chi connectivity index (χ0) is 30.7. The van der Waals surface area contributed by atoms with E-state index in [1.807, 2.05) is 120 Å². The van der Waals surface area contributed by atoms with E-state index in [2.05, 4.69) is 54.4 Å². The van der Waals surface area contributed by atoms with Gasteiger partial charge in [0.2, 0.25) is 0 Å². The van der Waals surface area contributed by atoms with Crippen molar-refractivity contribution in [3.8, 4) is 0 Å². The smallest absolute Gasteiger partial charge is 0.0600 e. The zero-order valence-electron chi connectivity index (χ0n) is 34.1. The van der Waals surface area contributed by atoms with Crippen LogP contribution in [0.4, 0.5) is 0 Å². The van der Waals surface area contributed by atoms with Crippen molar-refractivity contribution in [1.29, 1.82) is 0 Å². The van der Waals surface area contributed by atoms with Crippen LogP contribution in [-0.4, -0.2) is 35.3 Å². The Labute approximate surface area is 403 Å². The van der Waals surface area contributed by atoms with Gasteiger partial charge < -0.3 is 44.6 Å². The summed E-state index contributed by atoms with van der Waals surface area (Å²) < 4.78 is 0. The molecular weight excluding hydrogens is 896 g/mol. The summed E-state index contributed by atoms with van der Waals surface area (Å²) in [6, 6.07) is 29.7. The van der Waals surface area contributed by atoms with Crippen LogP contribution in [0.15, 0.2) is 141 Å². The monoisotopic (exact) mass is 955 g/mol. The maximum atomic E-state index is 3.98. The maximum Gasteiger partial charge on any atom is 0.0600 e. The third-order valence-corrected chi connectivity index (χ3v) is 4.85. The maximum absolute atomic E-state index is 3.98. The van der Waals surface area contributed by atoms with Gasteiger partial charge in [-0.1, -0.05) is 48.0 Å². The molecule has 0 unspecified atom stereocenters. The van der Waals surface area contributed by atoms with Gasteiger partial charge >= 0.3 is 0 Å². The number of aryl methyl sites for hydroxylation is 6. The number of aromatic nitrogens is 7. The van der Waals surface area contributed by atoms with Crippen LogP contribution in [0.25, 0.3) is 0 Å². The first-order valence-electron chi connectivity index (χ1n) is 13.5. The normalized spacial score (nSPS) is 6.78. The Morgan fingerprint density at radius 2 is 0.778 bits per heavy atom. The van der Waals surface area contributed by atoms with E-state index in [-0.39, 0.29) is 156 Å². The Balaban J connectivity index is -0.0000000375. The summed E-state index contributed by atoms with van der Waals surface area (Å²) in [5.41, 5.74) is 6.97. The zero-order valence-corrected chi connectivity index (χ0v) is 42.5. The van der Waals surface area contributed by atoms with Crippen molar-refractivity contribution in [2.24, 2.45) is 0 Å². The van der Waals surface area contributed by atoms with Crippen LogP contribution in [0.3, 0.4) is 0 Å².